The van der Waals surface area contributed by atoms with Gasteiger partial charge in [0, 0.05) is 22.6 Å². The maximum Gasteiger partial charge on any atom is 0.304 e. The highest BCUT2D eigenvalue weighted by Crippen LogP contribution is 2.38. The molecule has 5 nitrogen and oxygen atoms in total. The predicted molar refractivity (Wildman–Crippen MR) is 106 cm³/mol. The Morgan fingerprint density at radius 3 is 2.61 bits per heavy atom. The molecule has 0 aliphatic rings. The van der Waals surface area contributed by atoms with Gasteiger partial charge in [0.2, 0.25) is 0 Å². The van der Waals surface area contributed by atoms with Crippen LogP contribution in [0.3, 0.4) is 0 Å². The predicted octanol–water partition coefficient (Wildman–Crippen LogP) is 4.88. The summed E-state index contributed by atoms with van der Waals surface area (Å²) in [5, 5.41) is 10.0. The Balaban J connectivity index is 2.13. The van der Waals surface area contributed by atoms with Crippen LogP contribution in [0.5, 0.6) is 11.5 Å². The van der Waals surface area contributed by atoms with Gasteiger partial charge in [-0.15, -0.1) is 11.3 Å². The van der Waals surface area contributed by atoms with Crippen LogP contribution in [0, 0.1) is 12.7 Å². The number of benzene rings is 2. The topological polar surface area (TPSA) is 68.7 Å². The second kappa shape index (κ2) is 8.39. The zero-order chi connectivity index (χ0) is 20.3. The number of hydrogen-bond donors (Lipinski definition) is 1. The molecule has 2 aromatic carbocycles. The van der Waals surface area contributed by atoms with Crippen LogP contribution in [-0.2, 0) is 4.79 Å². The highest BCUT2D eigenvalue weighted by atomic mass is 32.1. The van der Waals surface area contributed by atoms with Crippen molar-refractivity contribution in [1.82, 2.24) is 4.98 Å². The van der Waals surface area contributed by atoms with Crippen molar-refractivity contribution in [3.05, 3.63) is 63.9 Å². The lowest BCUT2D eigenvalue weighted by Crippen LogP contribution is -2.08. The van der Waals surface area contributed by atoms with Crippen LogP contribution >= 0.6 is 11.3 Å². The molecule has 1 heterocycles. The van der Waals surface area contributed by atoms with E-state index in [4.69, 9.17) is 9.47 Å². The molecule has 3 aromatic rings. The van der Waals surface area contributed by atoms with Crippen LogP contribution in [-0.4, -0.2) is 30.3 Å². The van der Waals surface area contributed by atoms with Gasteiger partial charge >= 0.3 is 5.97 Å². The number of hydrogen-bond acceptors (Lipinski definition) is 5. The van der Waals surface area contributed by atoms with Crippen LogP contribution < -0.4 is 9.47 Å². The average molecular weight is 401 g/mol. The number of halogens is 1. The van der Waals surface area contributed by atoms with E-state index >= 15 is 0 Å². The number of methoxy groups -OCH3 is 2. The Bertz CT molecular complexity index is 1000. The quantitative estimate of drug-likeness (QED) is 0.611. The third-order valence-corrected chi connectivity index (χ3v) is 5.38. The molecule has 0 fully saturated rings. The summed E-state index contributed by atoms with van der Waals surface area (Å²) in [6.45, 7) is 1.90. The summed E-state index contributed by atoms with van der Waals surface area (Å²) in [6, 6.07) is 9.81. The Morgan fingerprint density at radius 2 is 2.00 bits per heavy atom. The molecular weight excluding hydrogens is 381 g/mol. The van der Waals surface area contributed by atoms with Gasteiger partial charge in [-0.25, -0.2) is 9.37 Å². The first-order valence-corrected chi connectivity index (χ1v) is 9.40. The van der Waals surface area contributed by atoms with Crippen LogP contribution in [0.2, 0.25) is 0 Å². The Labute approximate surface area is 166 Å². The van der Waals surface area contributed by atoms with Crippen LogP contribution in [0.25, 0.3) is 11.1 Å². The van der Waals surface area contributed by atoms with Gasteiger partial charge in [-0.05, 0) is 48.4 Å². The van der Waals surface area contributed by atoms with Crippen molar-refractivity contribution < 1.29 is 23.8 Å². The molecule has 0 saturated carbocycles. The molecule has 0 bridgehead atoms. The number of carboxylic acids is 1. The number of aromatic nitrogens is 1. The van der Waals surface area contributed by atoms with E-state index in [1.54, 1.807) is 37.6 Å². The third-order valence-electron chi connectivity index (χ3n) is 4.36. The Morgan fingerprint density at radius 1 is 1.21 bits per heavy atom. The van der Waals surface area contributed by atoms with E-state index in [9.17, 15) is 14.3 Å². The lowest BCUT2D eigenvalue weighted by Gasteiger charge is -2.16. The molecule has 0 saturated heterocycles. The fourth-order valence-electron chi connectivity index (χ4n) is 3.06. The van der Waals surface area contributed by atoms with E-state index in [1.165, 1.54) is 30.6 Å². The molecule has 0 aliphatic carbocycles. The monoisotopic (exact) mass is 401 g/mol. The molecule has 7 heteroatoms. The van der Waals surface area contributed by atoms with Crippen LogP contribution in [0.1, 0.15) is 27.8 Å². The van der Waals surface area contributed by atoms with Crippen LogP contribution in [0.4, 0.5) is 4.39 Å². The van der Waals surface area contributed by atoms with Crippen LogP contribution in [0.15, 0.2) is 42.6 Å². The van der Waals surface area contributed by atoms with E-state index in [2.05, 4.69) is 4.98 Å². The minimum absolute atomic E-state index is 0.176. The maximum atomic E-state index is 14.5. The highest BCUT2D eigenvalue weighted by Gasteiger charge is 2.23. The van der Waals surface area contributed by atoms with Crippen molar-refractivity contribution in [3.8, 4) is 22.6 Å². The number of ether oxygens (including phenoxy) is 2. The van der Waals surface area contributed by atoms with E-state index in [0.717, 1.165) is 4.88 Å². The Kier molecular flexibility index (Phi) is 5.94. The van der Waals surface area contributed by atoms with E-state index in [1.807, 2.05) is 6.92 Å². The maximum absolute atomic E-state index is 14.5. The van der Waals surface area contributed by atoms with Crippen molar-refractivity contribution in [2.24, 2.45) is 0 Å². The fourth-order valence-corrected chi connectivity index (χ4v) is 3.97. The summed E-state index contributed by atoms with van der Waals surface area (Å²) in [6.07, 6.45) is 1.52. The molecule has 0 radical (unpaired) electrons. The second-order valence-electron chi connectivity index (χ2n) is 6.30. The molecule has 0 aliphatic heterocycles. The van der Waals surface area contributed by atoms with Gasteiger partial charge in [-0.3, -0.25) is 4.79 Å². The SMILES string of the molecule is COc1ccc(OC)c(-c2cc(F)cc(C(CC(=O)O)c3ncc(C)s3)c2)c1. The van der Waals surface area contributed by atoms with Gasteiger partial charge in [0.05, 0.1) is 20.6 Å². The number of nitrogens with zero attached hydrogens (tertiary/aromatic N) is 1. The summed E-state index contributed by atoms with van der Waals surface area (Å²) in [5.41, 5.74) is 1.79. The largest absolute Gasteiger partial charge is 0.497 e. The molecule has 1 unspecified atom stereocenters. The third kappa shape index (κ3) is 4.31. The van der Waals surface area contributed by atoms with E-state index in [0.29, 0.717) is 33.2 Å². The molecular formula is C21H20FNO4S. The van der Waals surface area contributed by atoms with Crippen molar-refractivity contribution in [1.29, 1.82) is 0 Å². The first kappa shape index (κ1) is 19.8. The smallest absolute Gasteiger partial charge is 0.304 e. The fraction of sp³-hybridized carbons (Fsp3) is 0.238. The van der Waals surface area contributed by atoms with Crippen molar-refractivity contribution in [3.63, 3.8) is 0 Å². The van der Waals surface area contributed by atoms with Crippen molar-refractivity contribution in [2.45, 2.75) is 19.3 Å². The number of thiazole rings is 1. The first-order valence-electron chi connectivity index (χ1n) is 8.58. The molecule has 28 heavy (non-hydrogen) atoms. The molecule has 1 N–H and O–H groups in total. The number of aliphatic carboxylic acids is 1. The zero-order valence-corrected chi connectivity index (χ0v) is 16.5. The highest BCUT2D eigenvalue weighted by molar-refractivity contribution is 7.11. The first-order chi connectivity index (χ1) is 13.4. The standard InChI is InChI=1S/C21H20FNO4S/c1-12-11-23-21(28-12)18(10-20(24)25)14-6-13(7-15(22)8-14)17-9-16(26-2)4-5-19(17)27-3/h4-9,11,18H,10H2,1-3H3,(H,24,25). The van der Waals surface area contributed by atoms with Gasteiger partial charge in [0.25, 0.3) is 0 Å². The van der Waals surface area contributed by atoms with E-state index in [-0.39, 0.29) is 6.42 Å². The lowest BCUT2D eigenvalue weighted by molar-refractivity contribution is -0.137. The summed E-state index contributed by atoms with van der Waals surface area (Å²) in [7, 11) is 3.09. The zero-order valence-electron chi connectivity index (χ0n) is 15.7. The summed E-state index contributed by atoms with van der Waals surface area (Å²) in [4.78, 5) is 16.7. The number of aryl methyl sites for hydroxylation is 1. The summed E-state index contributed by atoms with van der Waals surface area (Å²) < 4.78 is 25.2. The normalized spacial score (nSPS) is 11.9. The number of carbonyl (C=O) groups is 1. The molecule has 146 valence electrons. The van der Waals surface area contributed by atoms with Crippen molar-refractivity contribution in [2.75, 3.05) is 14.2 Å². The van der Waals surface area contributed by atoms with Gasteiger partial charge in [0.15, 0.2) is 0 Å². The second-order valence-corrected chi connectivity index (χ2v) is 7.57. The van der Waals surface area contributed by atoms with Gasteiger partial charge in [-0.1, -0.05) is 6.07 Å². The summed E-state index contributed by atoms with van der Waals surface area (Å²) in [5.74, 6) is -0.789. The molecule has 0 amide bonds. The minimum Gasteiger partial charge on any atom is -0.497 e. The van der Waals surface area contributed by atoms with E-state index < -0.39 is 17.7 Å². The molecule has 1 atom stereocenters. The Hall–Kier alpha value is -2.93. The number of rotatable bonds is 7. The average Bonchev–Trinajstić information content (AvgIpc) is 3.10. The number of carboxylic acid groups (broad SMARTS) is 1. The molecule has 1 aromatic heterocycles. The summed E-state index contributed by atoms with van der Waals surface area (Å²) >= 11 is 1.41. The minimum atomic E-state index is -0.970. The van der Waals surface area contributed by atoms with Crippen molar-refractivity contribution >= 4 is 17.3 Å². The van der Waals surface area contributed by atoms with Gasteiger partial charge in [-0.2, -0.15) is 0 Å². The van der Waals surface area contributed by atoms with Gasteiger partial charge < -0.3 is 14.6 Å². The van der Waals surface area contributed by atoms with Gasteiger partial charge in [0.1, 0.15) is 22.3 Å². The molecule has 0 spiro atoms. The molecule has 3 rings (SSSR count). The lowest BCUT2D eigenvalue weighted by atomic mass is 9.92.